The molecule has 2 rings (SSSR count). The molecule has 4 nitrogen and oxygen atoms in total. The molecule has 1 unspecified atom stereocenters. The molecule has 1 atom stereocenters. The molecule has 0 aliphatic heterocycles. The topological polar surface area (TPSA) is 43.6 Å². The van der Waals surface area contributed by atoms with Gasteiger partial charge < -0.3 is 19.2 Å². The summed E-state index contributed by atoms with van der Waals surface area (Å²) in [5.41, 5.74) is 2.04. The number of ether oxygens (including phenoxy) is 2. The van der Waals surface area contributed by atoms with Crippen LogP contribution in [0.3, 0.4) is 0 Å². The Morgan fingerprint density at radius 1 is 1.30 bits per heavy atom. The van der Waals surface area contributed by atoms with Gasteiger partial charge in [0, 0.05) is 18.1 Å². The van der Waals surface area contributed by atoms with Crippen molar-refractivity contribution in [3.8, 4) is 0 Å². The SMILES string of the molecule is CCNCc1oc2ccccc2c1COC(C)COC. The Kier molecular flexibility index (Phi) is 5.59. The zero-order valence-electron chi connectivity index (χ0n) is 12.4. The molecule has 1 N–H and O–H groups in total. The average Bonchev–Trinajstić information content (AvgIpc) is 2.81. The van der Waals surface area contributed by atoms with E-state index in [0.717, 1.165) is 35.4 Å². The third-order valence-electron chi connectivity index (χ3n) is 3.23. The number of benzene rings is 1. The first-order valence-electron chi connectivity index (χ1n) is 7.06. The molecule has 0 saturated carbocycles. The van der Waals surface area contributed by atoms with Gasteiger partial charge in [0.25, 0.3) is 0 Å². The van der Waals surface area contributed by atoms with E-state index in [9.17, 15) is 0 Å². The lowest BCUT2D eigenvalue weighted by atomic mass is 10.1. The van der Waals surface area contributed by atoms with Gasteiger partial charge in [-0.3, -0.25) is 0 Å². The normalized spacial score (nSPS) is 12.9. The number of furan rings is 1. The van der Waals surface area contributed by atoms with Crippen LogP contribution in [0, 0.1) is 0 Å². The predicted octanol–water partition coefficient (Wildman–Crippen LogP) is 3.09. The van der Waals surface area contributed by atoms with E-state index in [1.54, 1.807) is 7.11 Å². The zero-order chi connectivity index (χ0) is 14.4. The van der Waals surface area contributed by atoms with Crippen molar-refractivity contribution < 1.29 is 13.9 Å². The van der Waals surface area contributed by atoms with Crippen LogP contribution in [0.5, 0.6) is 0 Å². The van der Waals surface area contributed by atoms with Gasteiger partial charge in [0.2, 0.25) is 0 Å². The summed E-state index contributed by atoms with van der Waals surface area (Å²) in [5.74, 6) is 0.956. The molecule has 1 aromatic heterocycles. The first-order valence-corrected chi connectivity index (χ1v) is 7.06. The monoisotopic (exact) mass is 277 g/mol. The maximum absolute atomic E-state index is 5.92. The summed E-state index contributed by atoms with van der Waals surface area (Å²) in [6.45, 7) is 6.87. The Bertz CT molecular complexity index is 536. The average molecular weight is 277 g/mol. The number of hydrogen-bond donors (Lipinski definition) is 1. The van der Waals surface area contributed by atoms with Crippen molar-refractivity contribution in [3.05, 3.63) is 35.6 Å². The summed E-state index contributed by atoms with van der Waals surface area (Å²) < 4.78 is 16.9. The molecular weight excluding hydrogens is 254 g/mol. The summed E-state index contributed by atoms with van der Waals surface area (Å²) in [5, 5.41) is 4.43. The van der Waals surface area contributed by atoms with Crippen molar-refractivity contribution in [1.82, 2.24) is 5.32 Å². The summed E-state index contributed by atoms with van der Waals surface area (Å²) in [6, 6.07) is 8.08. The largest absolute Gasteiger partial charge is 0.459 e. The number of para-hydroxylation sites is 1. The minimum atomic E-state index is 0.0700. The molecule has 0 aliphatic carbocycles. The van der Waals surface area contributed by atoms with Gasteiger partial charge in [-0.1, -0.05) is 25.1 Å². The van der Waals surface area contributed by atoms with Crippen LogP contribution in [0.4, 0.5) is 0 Å². The number of fused-ring (bicyclic) bond motifs is 1. The number of methoxy groups -OCH3 is 1. The molecule has 110 valence electrons. The summed E-state index contributed by atoms with van der Waals surface area (Å²) >= 11 is 0. The second-order valence-corrected chi connectivity index (χ2v) is 4.86. The van der Waals surface area contributed by atoms with Gasteiger partial charge in [-0.05, 0) is 19.5 Å². The lowest BCUT2D eigenvalue weighted by molar-refractivity contribution is -0.000270. The lowest BCUT2D eigenvalue weighted by Gasteiger charge is -2.12. The molecular formula is C16H23NO3. The Hall–Kier alpha value is -1.36. The van der Waals surface area contributed by atoms with Crippen LogP contribution < -0.4 is 5.32 Å². The van der Waals surface area contributed by atoms with Crippen LogP contribution in [0.2, 0.25) is 0 Å². The molecule has 0 saturated heterocycles. The molecule has 1 aromatic carbocycles. The number of rotatable bonds is 8. The van der Waals surface area contributed by atoms with E-state index >= 15 is 0 Å². The van der Waals surface area contributed by atoms with Gasteiger partial charge in [-0.25, -0.2) is 0 Å². The van der Waals surface area contributed by atoms with Crippen molar-refractivity contribution in [2.45, 2.75) is 33.1 Å². The van der Waals surface area contributed by atoms with Gasteiger partial charge in [0.15, 0.2) is 0 Å². The summed E-state index contributed by atoms with van der Waals surface area (Å²) in [7, 11) is 1.68. The van der Waals surface area contributed by atoms with E-state index < -0.39 is 0 Å². The maximum Gasteiger partial charge on any atom is 0.134 e. The Morgan fingerprint density at radius 2 is 2.10 bits per heavy atom. The van der Waals surface area contributed by atoms with Crippen molar-refractivity contribution in [2.75, 3.05) is 20.3 Å². The highest BCUT2D eigenvalue weighted by molar-refractivity contribution is 5.82. The van der Waals surface area contributed by atoms with Gasteiger partial charge in [-0.15, -0.1) is 0 Å². The Labute approximate surface area is 120 Å². The van der Waals surface area contributed by atoms with Crippen molar-refractivity contribution >= 4 is 11.0 Å². The quantitative estimate of drug-likeness (QED) is 0.805. The van der Waals surface area contributed by atoms with Crippen LogP contribution >= 0.6 is 0 Å². The molecule has 2 aromatic rings. The van der Waals surface area contributed by atoms with Crippen LogP contribution in [-0.2, 0) is 22.6 Å². The molecule has 4 heteroatoms. The highest BCUT2D eigenvalue weighted by Crippen LogP contribution is 2.26. The Balaban J connectivity index is 2.19. The van der Waals surface area contributed by atoms with Gasteiger partial charge in [-0.2, -0.15) is 0 Å². The first kappa shape index (κ1) is 15.0. The molecule has 0 spiro atoms. The fourth-order valence-corrected chi connectivity index (χ4v) is 2.20. The molecule has 20 heavy (non-hydrogen) atoms. The first-order chi connectivity index (χ1) is 9.76. The van der Waals surface area contributed by atoms with Crippen molar-refractivity contribution in [3.63, 3.8) is 0 Å². The predicted molar refractivity (Wildman–Crippen MR) is 79.7 cm³/mol. The minimum absolute atomic E-state index is 0.0700. The lowest BCUT2D eigenvalue weighted by Crippen LogP contribution is -2.16. The molecule has 1 heterocycles. The van der Waals surface area contributed by atoms with Crippen LogP contribution in [0.15, 0.2) is 28.7 Å². The molecule has 0 radical (unpaired) electrons. The molecule has 0 fully saturated rings. The van der Waals surface area contributed by atoms with Crippen LogP contribution in [0.25, 0.3) is 11.0 Å². The second-order valence-electron chi connectivity index (χ2n) is 4.86. The zero-order valence-corrected chi connectivity index (χ0v) is 12.4. The fourth-order valence-electron chi connectivity index (χ4n) is 2.20. The van der Waals surface area contributed by atoms with Gasteiger partial charge >= 0.3 is 0 Å². The van der Waals surface area contributed by atoms with E-state index in [-0.39, 0.29) is 6.10 Å². The molecule has 0 amide bonds. The third-order valence-corrected chi connectivity index (χ3v) is 3.23. The van der Waals surface area contributed by atoms with E-state index in [1.165, 1.54) is 0 Å². The summed E-state index contributed by atoms with van der Waals surface area (Å²) in [4.78, 5) is 0. The molecule has 0 bridgehead atoms. The standard InChI is InChI=1S/C16H23NO3/c1-4-17-9-16-14(11-19-12(2)10-18-3)13-7-5-6-8-15(13)20-16/h5-8,12,17H,4,9-11H2,1-3H3. The maximum atomic E-state index is 5.92. The van der Waals surface area contributed by atoms with Gasteiger partial charge in [0.1, 0.15) is 11.3 Å². The smallest absolute Gasteiger partial charge is 0.134 e. The van der Waals surface area contributed by atoms with Gasteiger partial charge in [0.05, 0.1) is 25.9 Å². The van der Waals surface area contributed by atoms with Crippen molar-refractivity contribution in [1.29, 1.82) is 0 Å². The number of nitrogens with one attached hydrogen (secondary N) is 1. The highest BCUT2D eigenvalue weighted by Gasteiger charge is 2.14. The van der Waals surface area contributed by atoms with Crippen LogP contribution in [0.1, 0.15) is 25.2 Å². The number of hydrogen-bond acceptors (Lipinski definition) is 4. The summed E-state index contributed by atoms with van der Waals surface area (Å²) in [6.07, 6.45) is 0.0700. The van der Waals surface area contributed by atoms with Crippen molar-refractivity contribution in [2.24, 2.45) is 0 Å². The Morgan fingerprint density at radius 3 is 2.85 bits per heavy atom. The van der Waals surface area contributed by atoms with E-state index in [1.807, 2.05) is 25.1 Å². The van der Waals surface area contributed by atoms with E-state index in [0.29, 0.717) is 13.2 Å². The van der Waals surface area contributed by atoms with E-state index in [2.05, 4.69) is 18.3 Å². The fraction of sp³-hybridized carbons (Fsp3) is 0.500. The highest BCUT2D eigenvalue weighted by atomic mass is 16.5. The van der Waals surface area contributed by atoms with Crippen LogP contribution in [-0.4, -0.2) is 26.4 Å². The second kappa shape index (κ2) is 7.43. The third kappa shape index (κ3) is 3.60. The minimum Gasteiger partial charge on any atom is -0.459 e. The molecule has 0 aliphatic rings. The van der Waals surface area contributed by atoms with E-state index in [4.69, 9.17) is 13.9 Å².